The molecule has 0 heterocycles. The summed E-state index contributed by atoms with van der Waals surface area (Å²) < 4.78 is 5.84. The normalized spacial score (nSPS) is 11.7. The lowest BCUT2D eigenvalue weighted by atomic mass is 10.0. The molecule has 0 aliphatic rings. The van der Waals surface area contributed by atoms with E-state index >= 15 is 0 Å². The fourth-order valence-electron chi connectivity index (χ4n) is 3.90. The highest BCUT2D eigenvalue weighted by molar-refractivity contribution is 5.88. The van der Waals surface area contributed by atoms with Crippen molar-refractivity contribution in [3.05, 3.63) is 101 Å². The van der Waals surface area contributed by atoms with Crippen molar-refractivity contribution in [3.8, 4) is 5.75 Å². The van der Waals surface area contributed by atoms with Gasteiger partial charge in [-0.05, 0) is 41.7 Å². The van der Waals surface area contributed by atoms with Gasteiger partial charge in [-0.25, -0.2) is 0 Å². The lowest BCUT2D eigenvalue weighted by Crippen LogP contribution is -2.51. The molecule has 0 aliphatic carbocycles. The quantitative estimate of drug-likeness (QED) is 0.471. The molecule has 0 aromatic heterocycles. The van der Waals surface area contributed by atoms with Crippen LogP contribution in [0.4, 0.5) is 0 Å². The fourth-order valence-corrected chi connectivity index (χ4v) is 3.90. The van der Waals surface area contributed by atoms with Gasteiger partial charge < -0.3 is 15.0 Å². The van der Waals surface area contributed by atoms with Gasteiger partial charge in [0.2, 0.25) is 5.91 Å². The summed E-state index contributed by atoms with van der Waals surface area (Å²) in [6, 6.07) is 24.9. The highest BCUT2D eigenvalue weighted by Crippen LogP contribution is 2.20. The molecule has 2 amide bonds. The van der Waals surface area contributed by atoms with Gasteiger partial charge in [-0.1, -0.05) is 86.1 Å². The van der Waals surface area contributed by atoms with Crippen molar-refractivity contribution >= 4 is 11.8 Å². The van der Waals surface area contributed by atoms with Crippen LogP contribution in [0.25, 0.3) is 0 Å². The number of nitrogens with zero attached hydrogens (tertiary/aromatic N) is 1. The minimum Gasteiger partial charge on any atom is -0.484 e. The number of hydrogen-bond donors (Lipinski definition) is 1. The van der Waals surface area contributed by atoms with Gasteiger partial charge in [0.05, 0.1) is 0 Å². The van der Waals surface area contributed by atoms with Gasteiger partial charge in [-0.15, -0.1) is 0 Å². The topological polar surface area (TPSA) is 58.6 Å². The molecule has 5 nitrogen and oxygen atoms in total. The maximum atomic E-state index is 13.5. The summed E-state index contributed by atoms with van der Waals surface area (Å²) in [4.78, 5) is 28.0. The molecule has 0 radical (unpaired) electrons. The molecule has 1 atom stereocenters. The lowest BCUT2D eigenvalue weighted by molar-refractivity contribution is -0.142. The van der Waals surface area contributed by atoms with E-state index < -0.39 is 6.04 Å². The van der Waals surface area contributed by atoms with Gasteiger partial charge in [0.25, 0.3) is 5.91 Å². The summed E-state index contributed by atoms with van der Waals surface area (Å²) in [5, 5.41) is 2.73. The molecule has 1 N–H and O–H groups in total. The Morgan fingerprint density at radius 3 is 2.21 bits per heavy atom. The van der Waals surface area contributed by atoms with E-state index in [-0.39, 0.29) is 18.4 Å². The predicted octanol–water partition coefficient (Wildman–Crippen LogP) is 4.88. The molecule has 5 heteroatoms. The van der Waals surface area contributed by atoms with E-state index in [1.807, 2.05) is 85.8 Å². The molecule has 0 saturated carbocycles. The molecular formula is C29H34N2O3. The van der Waals surface area contributed by atoms with Crippen LogP contribution in [0.5, 0.6) is 5.75 Å². The number of rotatable bonds is 10. The zero-order valence-electron chi connectivity index (χ0n) is 20.5. The van der Waals surface area contributed by atoms with Gasteiger partial charge in [0, 0.05) is 20.0 Å². The Bertz CT molecular complexity index is 1080. The van der Waals surface area contributed by atoms with Crippen molar-refractivity contribution in [3.63, 3.8) is 0 Å². The van der Waals surface area contributed by atoms with Crippen LogP contribution in [-0.4, -0.2) is 36.4 Å². The molecule has 0 saturated heterocycles. The summed E-state index contributed by atoms with van der Waals surface area (Å²) in [7, 11) is 1.60. The largest absolute Gasteiger partial charge is 0.484 e. The third-order valence-corrected chi connectivity index (χ3v) is 5.86. The van der Waals surface area contributed by atoms with Crippen molar-refractivity contribution in [1.29, 1.82) is 0 Å². The van der Waals surface area contributed by atoms with Crippen molar-refractivity contribution in [2.75, 3.05) is 13.7 Å². The monoisotopic (exact) mass is 458 g/mol. The van der Waals surface area contributed by atoms with Crippen molar-refractivity contribution in [1.82, 2.24) is 10.2 Å². The molecule has 3 rings (SSSR count). The van der Waals surface area contributed by atoms with E-state index in [1.54, 1.807) is 11.9 Å². The zero-order valence-corrected chi connectivity index (χ0v) is 20.5. The Hall–Kier alpha value is -3.60. The first-order chi connectivity index (χ1) is 16.4. The second-order valence-corrected chi connectivity index (χ2v) is 8.84. The standard InChI is InChI=1S/C29H34N2O3/c1-21(2)25-13-15-26(16-14-25)34-20-28(32)31(19-24-12-8-9-22(3)17-24)27(29(33)30-4)18-23-10-6-5-7-11-23/h5-17,21,27H,18-20H2,1-4H3,(H,30,33)/t27-/m1/s1. The van der Waals surface area contributed by atoms with E-state index in [0.717, 1.165) is 16.7 Å². The number of carbonyl (C=O) groups excluding carboxylic acids is 2. The molecule has 0 spiro atoms. The molecular weight excluding hydrogens is 424 g/mol. The van der Waals surface area contributed by atoms with Crippen LogP contribution in [0.2, 0.25) is 0 Å². The van der Waals surface area contributed by atoms with Crippen molar-refractivity contribution in [2.45, 2.75) is 45.7 Å². The molecule has 0 unspecified atom stereocenters. The number of hydrogen-bond acceptors (Lipinski definition) is 3. The molecule has 0 bridgehead atoms. The molecule has 0 aliphatic heterocycles. The van der Waals surface area contributed by atoms with Crippen LogP contribution in [0.1, 0.15) is 42.0 Å². The van der Waals surface area contributed by atoms with E-state index in [9.17, 15) is 9.59 Å². The van der Waals surface area contributed by atoms with Crippen molar-refractivity contribution in [2.24, 2.45) is 0 Å². The smallest absolute Gasteiger partial charge is 0.261 e. The van der Waals surface area contributed by atoms with Crippen LogP contribution >= 0.6 is 0 Å². The second kappa shape index (κ2) is 12.0. The van der Waals surface area contributed by atoms with Crippen LogP contribution in [-0.2, 0) is 22.6 Å². The summed E-state index contributed by atoms with van der Waals surface area (Å²) in [5.41, 5.74) is 4.27. The lowest BCUT2D eigenvalue weighted by Gasteiger charge is -2.31. The minimum absolute atomic E-state index is 0.144. The fraction of sp³-hybridized carbons (Fsp3) is 0.310. The Labute approximate surface area is 202 Å². The predicted molar refractivity (Wildman–Crippen MR) is 136 cm³/mol. The maximum absolute atomic E-state index is 13.5. The molecule has 3 aromatic rings. The first-order valence-corrected chi connectivity index (χ1v) is 11.7. The van der Waals surface area contributed by atoms with Gasteiger partial charge >= 0.3 is 0 Å². The number of nitrogens with one attached hydrogen (secondary N) is 1. The maximum Gasteiger partial charge on any atom is 0.261 e. The van der Waals surface area contributed by atoms with Crippen LogP contribution in [0.15, 0.2) is 78.9 Å². The van der Waals surface area contributed by atoms with Crippen molar-refractivity contribution < 1.29 is 14.3 Å². The average Bonchev–Trinajstić information content (AvgIpc) is 2.85. The zero-order chi connectivity index (χ0) is 24.5. The van der Waals surface area contributed by atoms with Gasteiger partial charge in [-0.2, -0.15) is 0 Å². The number of amides is 2. The summed E-state index contributed by atoms with van der Waals surface area (Å²) in [6.45, 7) is 6.46. The van der Waals surface area contributed by atoms with Crippen LogP contribution < -0.4 is 10.1 Å². The highest BCUT2D eigenvalue weighted by atomic mass is 16.5. The molecule has 34 heavy (non-hydrogen) atoms. The number of aryl methyl sites for hydroxylation is 1. The molecule has 3 aromatic carbocycles. The number of carbonyl (C=O) groups is 2. The van der Waals surface area contributed by atoms with Gasteiger partial charge in [0.1, 0.15) is 11.8 Å². The summed E-state index contributed by atoms with van der Waals surface area (Å²) in [5.74, 6) is 0.615. The Morgan fingerprint density at radius 2 is 1.59 bits per heavy atom. The van der Waals surface area contributed by atoms with Crippen LogP contribution in [0.3, 0.4) is 0 Å². The molecule has 0 fully saturated rings. The SMILES string of the molecule is CNC(=O)[C@@H](Cc1ccccc1)N(Cc1cccc(C)c1)C(=O)COc1ccc(C(C)C)cc1. The van der Waals surface area contributed by atoms with E-state index in [2.05, 4.69) is 19.2 Å². The first-order valence-electron chi connectivity index (χ1n) is 11.7. The van der Waals surface area contributed by atoms with Gasteiger partial charge in [0.15, 0.2) is 6.61 Å². The van der Waals surface area contributed by atoms with E-state index in [4.69, 9.17) is 4.74 Å². The number of ether oxygens (including phenoxy) is 1. The summed E-state index contributed by atoms with van der Waals surface area (Å²) in [6.07, 6.45) is 0.418. The number of likely N-dealkylation sites (N-methyl/N-ethyl adjacent to an activating group) is 1. The first kappa shape index (κ1) is 25.0. The third-order valence-electron chi connectivity index (χ3n) is 5.86. The van der Waals surface area contributed by atoms with Gasteiger partial charge in [-0.3, -0.25) is 9.59 Å². The number of benzene rings is 3. The highest BCUT2D eigenvalue weighted by Gasteiger charge is 2.30. The second-order valence-electron chi connectivity index (χ2n) is 8.84. The Kier molecular flexibility index (Phi) is 8.86. The minimum atomic E-state index is -0.660. The Morgan fingerprint density at radius 1 is 0.912 bits per heavy atom. The average molecular weight is 459 g/mol. The molecule has 178 valence electrons. The van der Waals surface area contributed by atoms with E-state index in [1.165, 1.54) is 5.56 Å². The third kappa shape index (κ3) is 6.95. The summed E-state index contributed by atoms with van der Waals surface area (Å²) >= 11 is 0. The Balaban J connectivity index is 1.84. The van der Waals surface area contributed by atoms with Crippen LogP contribution in [0, 0.1) is 6.92 Å². The van der Waals surface area contributed by atoms with E-state index in [0.29, 0.717) is 24.6 Å².